The van der Waals surface area contributed by atoms with Crippen molar-refractivity contribution in [3.8, 4) is 0 Å². The average Bonchev–Trinajstić information content (AvgIpc) is 2.72. The number of nitrogens with one attached hydrogen (secondary N) is 2. The van der Waals surface area contributed by atoms with Crippen LogP contribution in [0.3, 0.4) is 0 Å². The van der Waals surface area contributed by atoms with Crippen molar-refractivity contribution in [2.24, 2.45) is 4.99 Å². The van der Waals surface area contributed by atoms with E-state index in [0.717, 1.165) is 50.8 Å². The molecule has 26 heavy (non-hydrogen) atoms. The van der Waals surface area contributed by atoms with Crippen LogP contribution in [0.25, 0.3) is 0 Å². The smallest absolute Gasteiger partial charge is 0.191 e. The van der Waals surface area contributed by atoms with Crippen LogP contribution in [-0.4, -0.2) is 67.7 Å². The van der Waals surface area contributed by atoms with Crippen LogP contribution in [0.4, 0.5) is 5.82 Å². The summed E-state index contributed by atoms with van der Waals surface area (Å²) in [6.07, 6.45) is 8.08. The Kier molecular flexibility index (Phi) is 7.12. The van der Waals surface area contributed by atoms with Gasteiger partial charge in [-0.05, 0) is 50.9 Å². The van der Waals surface area contributed by atoms with E-state index in [-0.39, 0.29) is 0 Å². The molecule has 1 aromatic heterocycles. The van der Waals surface area contributed by atoms with E-state index in [1.165, 1.54) is 25.8 Å². The van der Waals surface area contributed by atoms with Gasteiger partial charge in [-0.3, -0.25) is 9.89 Å². The van der Waals surface area contributed by atoms with Crippen LogP contribution < -0.4 is 15.5 Å². The number of guanidine groups is 1. The highest BCUT2D eigenvalue weighted by Gasteiger charge is 2.23. The molecule has 3 heterocycles. The summed E-state index contributed by atoms with van der Waals surface area (Å²) in [6, 6.07) is 7.24. The number of likely N-dealkylation sites (N-methyl/N-ethyl adjacent to an activating group) is 1. The van der Waals surface area contributed by atoms with E-state index >= 15 is 0 Å². The predicted molar refractivity (Wildman–Crippen MR) is 109 cm³/mol. The van der Waals surface area contributed by atoms with Gasteiger partial charge in [0.1, 0.15) is 5.82 Å². The van der Waals surface area contributed by atoms with Crippen molar-refractivity contribution >= 4 is 11.8 Å². The van der Waals surface area contributed by atoms with E-state index in [4.69, 9.17) is 0 Å². The molecule has 0 radical (unpaired) electrons. The van der Waals surface area contributed by atoms with Crippen LogP contribution in [0.1, 0.15) is 39.0 Å². The molecule has 2 N–H and O–H groups in total. The number of aromatic nitrogens is 1. The number of hydrogen-bond donors (Lipinski definition) is 2. The van der Waals surface area contributed by atoms with Crippen LogP contribution >= 0.6 is 0 Å². The van der Waals surface area contributed by atoms with Gasteiger partial charge in [-0.25, -0.2) is 4.98 Å². The topological polar surface area (TPSA) is 55.8 Å². The molecular weight excluding hydrogens is 324 g/mol. The van der Waals surface area contributed by atoms with Gasteiger partial charge in [0.15, 0.2) is 5.96 Å². The molecule has 0 bridgehead atoms. The lowest BCUT2D eigenvalue weighted by Crippen LogP contribution is -2.52. The zero-order valence-electron chi connectivity index (χ0n) is 16.3. The molecule has 2 saturated heterocycles. The van der Waals surface area contributed by atoms with Crippen molar-refractivity contribution in [1.82, 2.24) is 20.5 Å². The first kappa shape index (κ1) is 19.0. The molecule has 0 aliphatic carbocycles. The molecule has 0 saturated carbocycles. The largest absolute Gasteiger partial charge is 0.356 e. The second-order valence-electron chi connectivity index (χ2n) is 7.32. The fourth-order valence-electron chi connectivity index (χ4n) is 4.10. The molecule has 6 heteroatoms. The SMILES string of the molecule is CCN1CCCCC1CNC(=NC)NC1CCN(c2ccccn2)CC1. The van der Waals surface area contributed by atoms with Crippen molar-refractivity contribution in [3.63, 3.8) is 0 Å². The quantitative estimate of drug-likeness (QED) is 0.624. The summed E-state index contributed by atoms with van der Waals surface area (Å²) in [5, 5.41) is 7.19. The lowest BCUT2D eigenvalue weighted by Gasteiger charge is -2.36. The van der Waals surface area contributed by atoms with E-state index in [1.807, 2.05) is 19.3 Å². The van der Waals surface area contributed by atoms with E-state index in [2.05, 4.69) is 49.5 Å². The highest BCUT2D eigenvalue weighted by atomic mass is 15.2. The molecule has 0 aromatic carbocycles. The molecule has 1 unspecified atom stereocenters. The Labute approximate surface area is 158 Å². The molecular formula is C20H34N6. The van der Waals surface area contributed by atoms with Gasteiger partial charge in [-0.15, -0.1) is 0 Å². The number of piperidine rings is 2. The summed E-state index contributed by atoms with van der Waals surface area (Å²) in [5.74, 6) is 2.04. The fraction of sp³-hybridized carbons (Fsp3) is 0.700. The van der Waals surface area contributed by atoms with Crippen LogP contribution in [0, 0.1) is 0 Å². The maximum absolute atomic E-state index is 4.47. The Morgan fingerprint density at radius 1 is 1.19 bits per heavy atom. The zero-order valence-corrected chi connectivity index (χ0v) is 16.3. The third kappa shape index (κ3) is 5.10. The lowest BCUT2D eigenvalue weighted by atomic mass is 10.0. The molecule has 144 valence electrons. The molecule has 0 spiro atoms. The van der Waals surface area contributed by atoms with E-state index in [0.29, 0.717) is 12.1 Å². The number of anilines is 1. The minimum Gasteiger partial charge on any atom is -0.356 e. The molecule has 1 aromatic rings. The second kappa shape index (κ2) is 9.76. The van der Waals surface area contributed by atoms with Gasteiger partial charge in [-0.1, -0.05) is 19.4 Å². The number of rotatable bonds is 5. The van der Waals surface area contributed by atoms with Crippen molar-refractivity contribution in [2.75, 3.05) is 44.7 Å². The minimum absolute atomic E-state index is 0.481. The molecule has 0 amide bonds. The fourth-order valence-corrected chi connectivity index (χ4v) is 4.10. The van der Waals surface area contributed by atoms with Gasteiger partial charge in [0.2, 0.25) is 0 Å². The maximum Gasteiger partial charge on any atom is 0.191 e. The first-order valence-electron chi connectivity index (χ1n) is 10.2. The van der Waals surface area contributed by atoms with Gasteiger partial charge >= 0.3 is 0 Å². The summed E-state index contributed by atoms with van der Waals surface area (Å²) in [4.78, 5) is 13.9. The summed E-state index contributed by atoms with van der Waals surface area (Å²) in [5.41, 5.74) is 0. The normalized spacial score (nSPS) is 23.1. The maximum atomic E-state index is 4.47. The first-order valence-corrected chi connectivity index (χ1v) is 10.2. The van der Waals surface area contributed by atoms with Crippen LogP contribution in [-0.2, 0) is 0 Å². The number of aliphatic imine (C=N–C) groups is 1. The van der Waals surface area contributed by atoms with Crippen molar-refractivity contribution < 1.29 is 0 Å². The molecule has 1 atom stereocenters. The molecule has 2 fully saturated rings. The van der Waals surface area contributed by atoms with Gasteiger partial charge in [-0.2, -0.15) is 0 Å². The van der Waals surface area contributed by atoms with Crippen LogP contribution in [0.15, 0.2) is 29.4 Å². The van der Waals surface area contributed by atoms with Gasteiger partial charge in [0, 0.05) is 45.0 Å². The number of hydrogen-bond acceptors (Lipinski definition) is 4. The monoisotopic (exact) mass is 358 g/mol. The van der Waals surface area contributed by atoms with Crippen molar-refractivity contribution in [1.29, 1.82) is 0 Å². The van der Waals surface area contributed by atoms with Gasteiger partial charge in [0.05, 0.1) is 0 Å². The van der Waals surface area contributed by atoms with Gasteiger partial charge in [0.25, 0.3) is 0 Å². The zero-order chi connectivity index (χ0) is 18.2. The van der Waals surface area contributed by atoms with E-state index in [1.54, 1.807) is 0 Å². The Balaban J connectivity index is 1.43. The number of pyridine rings is 1. The molecule has 2 aliphatic rings. The second-order valence-corrected chi connectivity index (χ2v) is 7.32. The average molecular weight is 359 g/mol. The Morgan fingerprint density at radius 3 is 2.73 bits per heavy atom. The van der Waals surface area contributed by atoms with Crippen molar-refractivity contribution in [2.45, 2.75) is 51.1 Å². The van der Waals surface area contributed by atoms with E-state index in [9.17, 15) is 0 Å². The van der Waals surface area contributed by atoms with E-state index < -0.39 is 0 Å². The number of nitrogens with zero attached hydrogens (tertiary/aromatic N) is 4. The first-order chi connectivity index (χ1) is 12.8. The Bertz CT molecular complexity index is 553. The third-order valence-corrected chi connectivity index (χ3v) is 5.69. The summed E-state index contributed by atoms with van der Waals surface area (Å²) < 4.78 is 0. The standard InChI is InChI=1S/C20H34N6/c1-3-25-13-7-5-8-18(25)16-23-20(21-2)24-17-10-14-26(15-11-17)19-9-4-6-12-22-19/h4,6,9,12,17-18H,3,5,7-8,10-11,13-16H2,1-2H3,(H2,21,23,24). The molecule has 2 aliphatic heterocycles. The number of likely N-dealkylation sites (tertiary alicyclic amines) is 1. The highest BCUT2D eigenvalue weighted by Crippen LogP contribution is 2.18. The van der Waals surface area contributed by atoms with Crippen LogP contribution in [0.5, 0.6) is 0 Å². The minimum atomic E-state index is 0.481. The summed E-state index contributed by atoms with van der Waals surface area (Å²) >= 11 is 0. The Hall–Kier alpha value is -1.82. The summed E-state index contributed by atoms with van der Waals surface area (Å²) in [6.45, 7) is 7.71. The van der Waals surface area contributed by atoms with Gasteiger partial charge < -0.3 is 15.5 Å². The Morgan fingerprint density at radius 2 is 2.04 bits per heavy atom. The molecule has 6 nitrogen and oxygen atoms in total. The summed E-state index contributed by atoms with van der Waals surface area (Å²) in [7, 11) is 1.87. The lowest BCUT2D eigenvalue weighted by molar-refractivity contribution is 0.157. The van der Waals surface area contributed by atoms with Crippen LogP contribution in [0.2, 0.25) is 0 Å². The predicted octanol–water partition coefficient (Wildman–Crippen LogP) is 2.09. The molecule has 3 rings (SSSR count). The highest BCUT2D eigenvalue weighted by molar-refractivity contribution is 5.80. The van der Waals surface area contributed by atoms with Crippen molar-refractivity contribution in [3.05, 3.63) is 24.4 Å². The third-order valence-electron chi connectivity index (χ3n) is 5.69.